The highest BCUT2D eigenvalue weighted by atomic mass is 32.1. The van der Waals surface area contributed by atoms with Crippen molar-refractivity contribution in [3.63, 3.8) is 0 Å². The van der Waals surface area contributed by atoms with Crippen molar-refractivity contribution in [2.75, 3.05) is 6.61 Å². The predicted molar refractivity (Wildman–Crippen MR) is 86.6 cm³/mol. The lowest BCUT2D eigenvalue weighted by molar-refractivity contribution is -0.139. The monoisotopic (exact) mass is 322 g/mol. The van der Waals surface area contributed by atoms with Gasteiger partial charge in [-0.15, -0.1) is 0 Å². The Labute approximate surface area is 134 Å². The summed E-state index contributed by atoms with van der Waals surface area (Å²) >= 11 is 5.22. The van der Waals surface area contributed by atoms with Crippen molar-refractivity contribution < 1.29 is 13.9 Å². The van der Waals surface area contributed by atoms with Crippen LogP contribution in [0.3, 0.4) is 0 Å². The number of benzene rings is 1. The summed E-state index contributed by atoms with van der Waals surface area (Å²) in [7, 11) is 0. The zero-order valence-corrected chi connectivity index (χ0v) is 13.4. The van der Waals surface area contributed by atoms with Gasteiger partial charge in [0.05, 0.1) is 18.2 Å². The summed E-state index contributed by atoms with van der Waals surface area (Å²) in [5.74, 6) is -0.710. The first-order chi connectivity index (χ1) is 10.6. The molecule has 0 unspecified atom stereocenters. The third kappa shape index (κ3) is 3.62. The van der Waals surface area contributed by atoms with Gasteiger partial charge in [-0.1, -0.05) is 25.5 Å². The number of nitrogens with one attached hydrogen (secondary N) is 2. The molecular weight excluding hydrogens is 303 g/mol. The molecule has 0 bridgehead atoms. The van der Waals surface area contributed by atoms with Crippen LogP contribution in [0, 0.1) is 5.82 Å². The Bertz CT molecular complexity index is 599. The number of carbonyl (C=O) groups excluding carboxylic acids is 1. The Hall–Kier alpha value is -1.95. The Kier molecular flexibility index (Phi) is 5.49. The Morgan fingerprint density at radius 1 is 1.32 bits per heavy atom. The zero-order valence-electron chi connectivity index (χ0n) is 12.6. The molecule has 0 amide bonds. The third-order valence-electron chi connectivity index (χ3n) is 3.35. The Balaban J connectivity index is 2.47. The van der Waals surface area contributed by atoms with Crippen molar-refractivity contribution in [1.29, 1.82) is 0 Å². The first-order valence-corrected chi connectivity index (χ1v) is 7.70. The van der Waals surface area contributed by atoms with Crippen LogP contribution in [0.15, 0.2) is 35.5 Å². The number of carbonyl (C=O) groups is 1. The van der Waals surface area contributed by atoms with E-state index < -0.39 is 6.04 Å². The smallest absolute Gasteiger partial charge is 0.338 e. The van der Waals surface area contributed by atoms with Gasteiger partial charge in [-0.3, -0.25) is 0 Å². The second-order valence-electron chi connectivity index (χ2n) is 4.95. The average Bonchev–Trinajstić information content (AvgIpc) is 2.48. The molecule has 4 nitrogen and oxygen atoms in total. The highest BCUT2D eigenvalue weighted by Gasteiger charge is 2.31. The van der Waals surface area contributed by atoms with Crippen LogP contribution in [0.4, 0.5) is 4.39 Å². The van der Waals surface area contributed by atoms with Crippen molar-refractivity contribution in [2.45, 2.75) is 32.7 Å². The normalized spacial score (nSPS) is 17.8. The van der Waals surface area contributed by atoms with Gasteiger partial charge in [0, 0.05) is 5.70 Å². The molecule has 2 N–H and O–H groups in total. The Morgan fingerprint density at radius 2 is 2.00 bits per heavy atom. The number of hydrogen-bond donors (Lipinski definition) is 2. The third-order valence-corrected chi connectivity index (χ3v) is 3.57. The molecule has 118 valence electrons. The number of esters is 1. The fourth-order valence-electron chi connectivity index (χ4n) is 2.42. The van der Waals surface area contributed by atoms with Crippen molar-refractivity contribution >= 4 is 23.3 Å². The van der Waals surface area contributed by atoms with Crippen LogP contribution in [-0.2, 0) is 9.53 Å². The zero-order chi connectivity index (χ0) is 16.1. The van der Waals surface area contributed by atoms with E-state index in [2.05, 4.69) is 10.6 Å². The topological polar surface area (TPSA) is 50.4 Å². The van der Waals surface area contributed by atoms with Gasteiger partial charge in [0.2, 0.25) is 0 Å². The summed E-state index contributed by atoms with van der Waals surface area (Å²) < 4.78 is 18.3. The van der Waals surface area contributed by atoms with Crippen LogP contribution >= 0.6 is 12.2 Å². The molecule has 1 heterocycles. The van der Waals surface area contributed by atoms with Gasteiger partial charge in [-0.05, 0) is 43.3 Å². The second kappa shape index (κ2) is 7.35. The minimum absolute atomic E-state index is 0.294. The molecule has 1 aliphatic rings. The van der Waals surface area contributed by atoms with Crippen molar-refractivity contribution in [2.24, 2.45) is 0 Å². The summed E-state index contributed by atoms with van der Waals surface area (Å²) in [6.45, 7) is 4.08. The van der Waals surface area contributed by atoms with Crippen LogP contribution in [0.1, 0.15) is 38.3 Å². The van der Waals surface area contributed by atoms with E-state index in [1.165, 1.54) is 12.1 Å². The maximum atomic E-state index is 13.1. The summed E-state index contributed by atoms with van der Waals surface area (Å²) in [6, 6.07) is 5.58. The molecule has 0 saturated carbocycles. The molecule has 0 radical (unpaired) electrons. The first-order valence-electron chi connectivity index (χ1n) is 7.30. The fourth-order valence-corrected chi connectivity index (χ4v) is 2.66. The largest absolute Gasteiger partial charge is 0.463 e. The van der Waals surface area contributed by atoms with Gasteiger partial charge in [0.15, 0.2) is 5.11 Å². The molecule has 0 aromatic heterocycles. The van der Waals surface area contributed by atoms with Gasteiger partial charge in [0.25, 0.3) is 0 Å². The van der Waals surface area contributed by atoms with E-state index in [4.69, 9.17) is 17.0 Å². The molecule has 6 heteroatoms. The summed E-state index contributed by atoms with van der Waals surface area (Å²) in [4.78, 5) is 12.4. The molecule has 1 atom stereocenters. The van der Waals surface area contributed by atoms with E-state index in [1.54, 1.807) is 19.1 Å². The number of allylic oxidation sites excluding steroid dienone is 1. The van der Waals surface area contributed by atoms with Gasteiger partial charge in [0.1, 0.15) is 5.82 Å². The summed E-state index contributed by atoms with van der Waals surface area (Å²) in [6.07, 6.45) is 1.55. The van der Waals surface area contributed by atoms with Gasteiger partial charge >= 0.3 is 5.97 Å². The van der Waals surface area contributed by atoms with Gasteiger partial charge in [-0.2, -0.15) is 0 Å². The van der Waals surface area contributed by atoms with Crippen molar-refractivity contribution in [3.05, 3.63) is 46.9 Å². The highest BCUT2D eigenvalue weighted by molar-refractivity contribution is 7.80. The summed E-state index contributed by atoms with van der Waals surface area (Å²) in [5, 5.41) is 6.56. The number of rotatable bonds is 5. The first kappa shape index (κ1) is 16.4. The number of hydrogen-bond acceptors (Lipinski definition) is 3. The van der Waals surface area contributed by atoms with E-state index in [9.17, 15) is 9.18 Å². The lowest BCUT2D eigenvalue weighted by atomic mass is 9.94. The van der Waals surface area contributed by atoms with E-state index >= 15 is 0 Å². The molecule has 22 heavy (non-hydrogen) atoms. The number of thiocarbonyl (C=S) groups is 1. The van der Waals surface area contributed by atoms with E-state index in [1.807, 2.05) is 6.92 Å². The molecule has 2 rings (SSSR count). The molecule has 1 aliphatic heterocycles. The van der Waals surface area contributed by atoms with Crippen LogP contribution in [-0.4, -0.2) is 17.7 Å². The number of ether oxygens (including phenoxy) is 1. The van der Waals surface area contributed by atoms with Crippen LogP contribution < -0.4 is 10.6 Å². The van der Waals surface area contributed by atoms with Crippen molar-refractivity contribution in [1.82, 2.24) is 10.6 Å². The maximum absolute atomic E-state index is 13.1. The minimum Gasteiger partial charge on any atom is -0.463 e. The van der Waals surface area contributed by atoms with Crippen LogP contribution in [0.25, 0.3) is 0 Å². The minimum atomic E-state index is -0.435. The van der Waals surface area contributed by atoms with Gasteiger partial charge in [-0.25, -0.2) is 9.18 Å². The molecule has 0 fully saturated rings. The summed E-state index contributed by atoms with van der Waals surface area (Å²) in [5.41, 5.74) is 2.03. The number of halogens is 1. The van der Waals surface area contributed by atoms with Crippen LogP contribution in [0.5, 0.6) is 0 Å². The van der Waals surface area contributed by atoms with Gasteiger partial charge < -0.3 is 15.4 Å². The second-order valence-corrected chi connectivity index (χ2v) is 5.35. The van der Waals surface area contributed by atoms with Crippen LogP contribution in [0.2, 0.25) is 0 Å². The maximum Gasteiger partial charge on any atom is 0.338 e. The molecule has 0 aliphatic carbocycles. The lowest BCUT2D eigenvalue weighted by Gasteiger charge is -2.31. The van der Waals surface area contributed by atoms with E-state index in [0.717, 1.165) is 17.7 Å². The van der Waals surface area contributed by atoms with E-state index in [-0.39, 0.29) is 11.8 Å². The van der Waals surface area contributed by atoms with Crippen molar-refractivity contribution in [3.8, 4) is 0 Å². The molecule has 0 spiro atoms. The fraction of sp³-hybridized carbons (Fsp3) is 0.375. The molecule has 0 saturated heterocycles. The standard InChI is InChI=1S/C16H19FN2O2S/c1-3-5-12-13(15(20)21-4-2)14(19-16(22)18-12)10-6-8-11(17)9-7-10/h6-9,14H,3-5H2,1-2H3,(H2,18,19,22)/t14-/m0/s1. The highest BCUT2D eigenvalue weighted by Crippen LogP contribution is 2.29. The predicted octanol–water partition coefficient (Wildman–Crippen LogP) is 2.96. The average molecular weight is 322 g/mol. The molecular formula is C16H19FN2O2S. The Morgan fingerprint density at radius 3 is 2.59 bits per heavy atom. The SMILES string of the molecule is CCCC1=C(C(=O)OCC)[C@H](c2ccc(F)cc2)NC(=S)N1. The van der Waals surface area contributed by atoms with E-state index in [0.29, 0.717) is 23.7 Å². The quantitative estimate of drug-likeness (QED) is 0.645. The molecule has 1 aromatic carbocycles. The lowest BCUT2D eigenvalue weighted by Crippen LogP contribution is -2.45. The molecule has 1 aromatic rings.